The van der Waals surface area contributed by atoms with Crippen LogP contribution in [0.15, 0.2) is 24.5 Å². The minimum absolute atomic E-state index is 0.169. The third-order valence-electron chi connectivity index (χ3n) is 2.93. The van der Waals surface area contributed by atoms with Crippen LogP contribution < -0.4 is 5.73 Å². The van der Waals surface area contributed by atoms with Crippen molar-refractivity contribution in [3.05, 3.63) is 30.1 Å². The Bertz CT molecular complexity index is 353. The van der Waals surface area contributed by atoms with Crippen LogP contribution in [0, 0.1) is 0 Å². The fourth-order valence-corrected chi connectivity index (χ4v) is 1.97. The molecule has 1 aromatic heterocycles. The van der Waals surface area contributed by atoms with Gasteiger partial charge >= 0.3 is 0 Å². The van der Waals surface area contributed by atoms with Gasteiger partial charge in [-0.3, -0.25) is 9.78 Å². The highest BCUT2D eigenvalue weighted by Gasteiger charge is 2.22. The quantitative estimate of drug-likeness (QED) is 0.808. The van der Waals surface area contributed by atoms with Crippen LogP contribution in [-0.2, 0) is 11.2 Å². The number of aromatic nitrogens is 1. The molecule has 1 amide bonds. The molecule has 0 spiro atoms. The number of likely N-dealkylation sites (tertiary alicyclic amines) is 1. The first-order valence-electron chi connectivity index (χ1n) is 5.68. The minimum atomic E-state index is 0.169. The number of nitrogens with two attached hydrogens (primary N) is 1. The van der Waals surface area contributed by atoms with E-state index in [9.17, 15) is 4.79 Å². The molecule has 1 saturated heterocycles. The van der Waals surface area contributed by atoms with Crippen LogP contribution in [0.3, 0.4) is 0 Å². The van der Waals surface area contributed by atoms with E-state index in [1.54, 1.807) is 6.20 Å². The van der Waals surface area contributed by atoms with Crippen LogP contribution in [0.2, 0.25) is 0 Å². The van der Waals surface area contributed by atoms with Crippen molar-refractivity contribution in [3.63, 3.8) is 0 Å². The van der Waals surface area contributed by atoms with Gasteiger partial charge in [-0.25, -0.2) is 0 Å². The summed E-state index contributed by atoms with van der Waals surface area (Å²) < 4.78 is 0. The van der Waals surface area contributed by atoms with E-state index in [0.29, 0.717) is 13.0 Å². The van der Waals surface area contributed by atoms with Crippen molar-refractivity contribution >= 4 is 5.91 Å². The van der Waals surface area contributed by atoms with Crippen molar-refractivity contribution in [3.8, 4) is 0 Å². The molecule has 1 fully saturated rings. The van der Waals surface area contributed by atoms with Crippen LogP contribution >= 0.6 is 0 Å². The molecule has 1 atom stereocenters. The van der Waals surface area contributed by atoms with Crippen molar-refractivity contribution in [1.82, 2.24) is 9.88 Å². The Morgan fingerprint density at radius 1 is 1.62 bits per heavy atom. The number of aryl methyl sites for hydroxylation is 1. The summed E-state index contributed by atoms with van der Waals surface area (Å²) in [5.41, 5.74) is 6.88. The Kier molecular flexibility index (Phi) is 3.51. The van der Waals surface area contributed by atoms with E-state index in [1.165, 1.54) is 0 Å². The Morgan fingerprint density at radius 3 is 3.12 bits per heavy atom. The molecule has 0 saturated carbocycles. The van der Waals surface area contributed by atoms with Gasteiger partial charge in [-0.2, -0.15) is 0 Å². The van der Waals surface area contributed by atoms with Gasteiger partial charge in [0.2, 0.25) is 5.91 Å². The monoisotopic (exact) mass is 219 g/mol. The van der Waals surface area contributed by atoms with Gasteiger partial charge in [0.05, 0.1) is 0 Å². The second kappa shape index (κ2) is 5.07. The average Bonchev–Trinajstić information content (AvgIpc) is 2.74. The van der Waals surface area contributed by atoms with Crippen LogP contribution in [0.5, 0.6) is 0 Å². The summed E-state index contributed by atoms with van der Waals surface area (Å²) in [4.78, 5) is 17.7. The van der Waals surface area contributed by atoms with Gasteiger partial charge in [0.25, 0.3) is 0 Å². The molecule has 16 heavy (non-hydrogen) atoms. The van der Waals surface area contributed by atoms with E-state index < -0.39 is 0 Å². The van der Waals surface area contributed by atoms with Crippen molar-refractivity contribution < 1.29 is 4.79 Å². The first-order valence-corrected chi connectivity index (χ1v) is 5.68. The van der Waals surface area contributed by atoms with Crippen LogP contribution in [-0.4, -0.2) is 34.9 Å². The summed E-state index contributed by atoms with van der Waals surface area (Å²) in [5.74, 6) is 0.205. The molecule has 0 aliphatic carbocycles. The van der Waals surface area contributed by atoms with E-state index >= 15 is 0 Å². The van der Waals surface area contributed by atoms with Gasteiger partial charge in [0, 0.05) is 37.9 Å². The number of rotatable bonds is 3. The number of hydrogen-bond acceptors (Lipinski definition) is 3. The van der Waals surface area contributed by atoms with Crippen molar-refractivity contribution in [2.45, 2.75) is 25.3 Å². The molecular formula is C12H17N3O. The molecule has 4 nitrogen and oxygen atoms in total. The number of amides is 1. The summed E-state index contributed by atoms with van der Waals surface area (Å²) >= 11 is 0. The van der Waals surface area contributed by atoms with Gasteiger partial charge in [0.1, 0.15) is 0 Å². The molecule has 1 unspecified atom stereocenters. The normalized spacial score (nSPS) is 20.1. The molecule has 0 aromatic carbocycles. The predicted molar refractivity (Wildman–Crippen MR) is 61.7 cm³/mol. The van der Waals surface area contributed by atoms with Gasteiger partial charge in [-0.1, -0.05) is 6.07 Å². The smallest absolute Gasteiger partial charge is 0.222 e. The predicted octanol–water partition coefficient (Wildman–Crippen LogP) is 0.574. The molecule has 4 heteroatoms. The van der Waals surface area contributed by atoms with Crippen LogP contribution in [0.1, 0.15) is 18.4 Å². The maximum atomic E-state index is 11.8. The first-order chi connectivity index (χ1) is 7.75. The fourth-order valence-electron chi connectivity index (χ4n) is 1.97. The second-order valence-electron chi connectivity index (χ2n) is 4.25. The van der Waals surface area contributed by atoms with E-state index in [4.69, 9.17) is 5.73 Å². The van der Waals surface area contributed by atoms with Crippen molar-refractivity contribution in [2.75, 3.05) is 13.1 Å². The molecule has 2 heterocycles. The molecule has 2 rings (SSSR count). The molecule has 0 radical (unpaired) electrons. The van der Waals surface area contributed by atoms with E-state index in [1.807, 2.05) is 23.2 Å². The molecule has 1 aliphatic rings. The number of hydrogen-bond donors (Lipinski definition) is 1. The SMILES string of the molecule is NC1CCN(C(=O)CCc2cccnc2)C1. The summed E-state index contributed by atoms with van der Waals surface area (Å²) in [7, 11) is 0. The van der Waals surface area contributed by atoms with E-state index in [-0.39, 0.29) is 11.9 Å². The first kappa shape index (κ1) is 11.1. The fraction of sp³-hybridized carbons (Fsp3) is 0.500. The Balaban J connectivity index is 1.80. The zero-order valence-corrected chi connectivity index (χ0v) is 9.30. The number of carbonyl (C=O) groups is 1. The summed E-state index contributed by atoms with van der Waals surface area (Å²) in [6, 6.07) is 4.06. The zero-order chi connectivity index (χ0) is 11.4. The summed E-state index contributed by atoms with van der Waals surface area (Å²) in [5, 5.41) is 0. The third kappa shape index (κ3) is 2.79. The topological polar surface area (TPSA) is 59.2 Å². The Labute approximate surface area is 95.5 Å². The molecule has 0 bridgehead atoms. The number of nitrogens with zero attached hydrogens (tertiary/aromatic N) is 2. The lowest BCUT2D eigenvalue weighted by Crippen LogP contribution is -2.31. The van der Waals surface area contributed by atoms with Crippen molar-refractivity contribution in [2.24, 2.45) is 5.73 Å². The standard InChI is InChI=1S/C12H17N3O/c13-11-5-7-15(9-11)12(16)4-3-10-2-1-6-14-8-10/h1-2,6,8,11H,3-5,7,9,13H2. The zero-order valence-electron chi connectivity index (χ0n) is 9.30. The van der Waals surface area contributed by atoms with Crippen LogP contribution in [0.4, 0.5) is 0 Å². The number of carbonyl (C=O) groups excluding carboxylic acids is 1. The average molecular weight is 219 g/mol. The van der Waals surface area contributed by atoms with E-state index in [2.05, 4.69) is 4.98 Å². The molecule has 1 aromatic rings. The third-order valence-corrected chi connectivity index (χ3v) is 2.93. The maximum Gasteiger partial charge on any atom is 0.222 e. The highest BCUT2D eigenvalue weighted by atomic mass is 16.2. The second-order valence-corrected chi connectivity index (χ2v) is 4.25. The largest absolute Gasteiger partial charge is 0.341 e. The summed E-state index contributed by atoms with van der Waals surface area (Å²) in [6.07, 6.45) is 5.79. The molecule has 86 valence electrons. The van der Waals surface area contributed by atoms with Gasteiger partial charge < -0.3 is 10.6 Å². The van der Waals surface area contributed by atoms with Gasteiger partial charge in [-0.05, 0) is 24.5 Å². The minimum Gasteiger partial charge on any atom is -0.341 e. The molecular weight excluding hydrogens is 202 g/mol. The highest BCUT2D eigenvalue weighted by Crippen LogP contribution is 2.10. The molecule has 2 N–H and O–H groups in total. The Morgan fingerprint density at radius 2 is 2.50 bits per heavy atom. The molecule has 1 aliphatic heterocycles. The van der Waals surface area contributed by atoms with Crippen LogP contribution in [0.25, 0.3) is 0 Å². The highest BCUT2D eigenvalue weighted by molar-refractivity contribution is 5.76. The van der Waals surface area contributed by atoms with Crippen molar-refractivity contribution in [1.29, 1.82) is 0 Å². The Hall–Kier alpha value is -1.42. The lowest BCUT2D eigenvalue weighted by molar-refractivity contribution is -0.130. The maximum absolute atomic E-state index is 11.8. The lowest BCUT2D eigenvalue weighted by atomic mass is 10.1. The summed E-state index contributed by atoms with van der Waals surface area (Å²) in [6.45, 7) is 1.53. The van der Waals surface area contributed by atoms with Gasteiger partial charge in [0.15, 0.2) is 0 Å². The number of pyridine rings is 1. The van der Waals surface area contributed by atoms with E-state index in [0.717, 1.165) is 24.9 Å². The lowest BCUT2D eigenvalue weighted by Gasteiger charge is -2.15. The van der Waals surface area contributed by atoms with Gasteiger partial charge in [-0.15, -0.1) is 0 Å².